The number of hydrogen-bond donors (Lipinski definition) is 4. The first-order valence-corrected chi connectivity index (χ1v) is 10.6. The summed E-state index contributed by atoms with van der Waals surface area (Å²) < 4.78 is 20.8. The maximum atomic E-state index is 15.0. The summed E-state index contributed by atoms with van der Waals surface area (Å²) in [6, 6.07) is 0.189. The molecule has 0 aromatic heterocycles. The van der Waals surface area contributed by atoms with Gasteiger partial charge in [0.25, 0.3) is 0 Å². The van der Waals surface area contributed by atoms with E-state index in [1.165, 1.54) is 12.8 Å². The molecule has 4 aliphatic rings. The molecule has 0 radical (unpaired) electrons. The Labute approximate surface area is 161 Å². The third-order valence-electron chi connectivity index (χ3n) is 6.93. The maximum absolute atomic E-state index is 15.0. The van der Waals surface area contributed by atoms with E-state index in [4.69, 9.17) is 4.74 Å². The lowest BCUT2D eigenvalue weighted by Crippen LogP contribution is -2.54. The van der Waals surface area contributed by atoms with Crippen molar-refractivity contribution in [1.82, 2.24) is 26.8 Å². The van der Waals surface area contributed by atoms with Gasteiger partial charge in [0.2, 0.25) is 5.91 Å². The van der Waals surface area contributed by atoms with E-state index in [-0.39, 0.29) is 42.1 Å². The highest BCUT2D eigenvalue weighted by Crippen LogP contribution is 2.38. The van der Waals surface area contributed by atoms with Gasteiger partial charge in [0.1, 0.15) is 6.17 Å². The van der Waals surface area contributed by atoms with Crippen LogP contribution in [0.4, 0.5) is 4.39 Å². The van der Waals surface area contributed by atoms with Crippen LogP contribution in [0.5, 0.6) is 0 Å². The Kier molecular flexibility index (Phi) is 5.99. The van der Waals surface area contributed by atoms with E-state index in [1.54, 1.807) is 0 Å². The molecule has 7 atom stereocenters. The molecule has 7 unspecified atom stereocenters. The van der Waals surface area contributed by atoms with Gasteiger partial charge in [0.05, 0.1) is 24.8 Å². The molecule has 0 aromatic rings. The van der Waals surface area contributed by atoms with Gasteiger partial charge >= 0.3 is 0 Å². The van der Waals surface area contributed by atoms with Crippen LogP contribution in [0.2, 0.25) is 0 Å². The standard InChI is InChI=1S/C19H34FN5O2/c1-11(2)25-18(22-23-24-25)14-8-7-12(9-16(14)20)21-19(26)15-10-27-17-6-4-3-5-13(15)17/h11-18,22-24H,3-10H2,1-2H3,(H,21,26). The first kappa shape index (κ1) is 19.5. The summed E-state index contributed by atoms with van der Waals surface area (Å²) in [7, 11) is 0. The van der Waals surface area contributed by atoms with Gasteiger partial charge in [-0.2, -0.15) is 11.1 Å². The van der Waals surface area contributed by atoms with Crippen molar-refractivity contribution in [1.29, 1.82) is 0 Å². The van der Waals surface area contributed by atoms with Crippen molar-refractivity contribution >= 4 is 5.91 Å². The van der Waals surface area contributed by atoms with Gasteiger partial charge in [0, 0.05) is 18.0 Å². The summed E-state index contributed by atoms with van der Waals surface area (Å²) in [4.78, 5) is 12.8. The summed E-state index contributed by atoms with van der Waals surface area (Å²) in [5.74, 6) is 0.287. The van der Waals surface area contributed by atoms with E-state index in [1.807, 2.05) is 5.01 Å². The molecule has 1 amide bonds. The fourth-order valence-electron chi connectivity index (χ4n) is 5.42. The van der Waals surface area contributed by atoms with E-state index in [9.17, 15) is 9.18 Å². The summed E-state index contributed by atoms with van der Waals surface area (Å²) in [6.45, 7) is 4.69. The number of halogens is 1. The van der Waals surface area contributed by atoms with Gasteiger partial charge in [-0.1, -0.05) is 12.8 Å². The molecule has 8 heteroatoms. The molecule has 4 rings (SSSR count). The average molecular weight is 384 g/mol. The van der Waals surface area contributed by atoms with Crippen molar-refractivity contribution in [3.8, 4) is 0 Å². The number of carbonyl (C=O) groups is 1. The summed E-state index contributed by atoms with van der Waals surface area (Å²) in [5, 5.41) is 5.17. The fraction of sp³-hybridized carbons (Fsp3) is 0.947. The van der Waals surface area contributed by atoms with Crippen LogP contribution in [0, 0.1) is 17.8 Å². The average Bonchev–Trinajstić information content (AvgIpc) is 3.29. The molecule has 2 aliphatic carbocycles. The van der Waals surface area contributed by atoms with Crippen molar-refractivity contribution in [2.45, 2.75) is 89.3 Å². The molecule has 0 bridgehead atoms. The monoisotopic (exact) mass is 383 g/mol. The highest BCUT2D eigenvalue weighted by molar-refractivity contribution is 5.79. The zero-order valence-corrected chi connectivity index (χ0v) is 16.4. The van der Waals surface area contributed by atoms with Crippen LogP contribution in [0.25, 0.3) is 0 Å². The molecule has 27 heavy (non-hydrogen) atoms. The molecule has 2 aliphatic heterocycles. The predicted octanol–water partition coefficient (Wildman–Crippen LogP) is 1.38. The van der Waals surface area contributed by atoms with Gasteiger partial charge in [-0.3, -0.25) is 4.79 Å². The van der Waals surface area contributed by atoms with Crippen molar-refractivity contribution in [3.63, 3.8) is 0 Å². The molecular weight excluding hydrogens is 349 g/mol. The van der Waals surface area contributed by atoms with Crippen molar-refractivity contribution in [2.24, 2.45) is 17.8 Å². The Bertz CT molecular complexity index is 536. The van der Waals surface area contributed by atoms with Crippen molar-refractivity contribution in [2.75, 3.05) is 6.61 Å². The quantitative estimate of drug-likeness (QED) is 0.588. The van der Waals surface area contributed by atoms with E-state index < -0.39 is 6.17 Å². The van der Waals surface area contributed by atoms with Crippen LogP contribution >= 0.6 is 0 Å². The second-order valence-corrected chi connectivity index (χ2v) is 8.95. The smallest absolute Gasteiger partial charge is 0.226 e. The van der Waals surface area contributed by atoms with Gasteiger partial charge in [-0.05, 0) is 51.9 Å². The van der Waals surface area contributed by atoms with Gasteiger partial charge in [-0.25, -0.2) is 14.8 Å². The molecular formula is C19H34FN5O2. The molecule has 7 nitrogen and oxygen atoms in total. The lowest BCUT2D eigenvalue weighted by Gasteiger charge is -2.39. The predicted molar refractivity (Wildman–Crippen MR) is 99.5 cm³/mol. The number of amides is 1. The molecule has 0 spiro atoms. The fourth-order valence-corrected chi connectivity index (χ4v) is 5.42. The Morgan fingerprint density at radius 3 is 2.78 bits per heavy atom. The zero-order chi connectivity index (χ0) is 19.0. The van der Waals surface area contributed by atoms with Gasteiger partial charge < -0.3 is 10.1 Å². The zero-order valence-electron chi connectivity index (χ0n) is 16.4. The second-order valence-electron chi connectivity index (χ2n) is 8.95. The van der Waals surface area contributed by atoms with Crippen LogP contribution in [0.3, 0.4) is 0 Å². The van der Waals surface area contributed by atoms with Crippen LogP contribution in [0.1, 0.15) is 58.8 Å². The van der Waals surface area contributed by atoms with Crippen LogP contribution < -0.4 is 21.8 Å². The number of hydrazine groups is 3. The molecule has 0 aromatic carbocycles. The van der Waals surface area contributed by atoms with E-state index in [0.717, 1.165) is 25.7 Å². The minimum Gasteiger partial charge on any atom is -0.377 e. The minimum atomic E-state index is -0.938. The number of nitrogens with one attached hydrogen (secondary N) is 4. The maximum Gasteiger partial charge on any atom is 0.226 e. The highest BCUT2D eigenvalue weighted by Gasteiger charge is 2.45. The number of hydrogen-bond acceptors (Lipinski definition) is 6. The molecule has 4 N–H and O–H groups in total. The lowest BCUT2D eigenvalue weighted by atomic mass is 9.79. The van der Waals surface area contributed by atoms with Gasteiger partial charge in [0.15, 0.2) is 0 Å². The SMILES string of the molecule is CC(C)N1NNNC1C1CCC(NC(=O)C2COC3CCCCC32)CC1F. The Hall–Kier alpha value is -0.800. The third kappa shape index (κ3) is 4.00. The minimum absolute atomic E-state index is 0.0487. The summed E-state index contributed by atoms with van der Waals surface area (Å²) >= 11 is 0. The molecule has 4 fully saturated rings. The van der Waals surface area contributed by atoms with Crippen molar-refractivity contribution < 1.29 is 13.9 Å². The number of fused-ring (bicyclic) bond motifs is 1. The number of nitrogens with zero attached hydrogens (tertiary/aromatic N) is 1. The number of alkyl halides is 1. The molecule has 154 valence electrons. The lowest BCUT2D eigenvalue weighted by molar-refractivity contribution is -0.127. The molecule has 2 saturated heterocycles. The normalized spacial score (nSPS) is 43.0. The largest absolute Gasteiger partial charge is 0.377 e. The number of ether oxygens (including phenoxy) is 1. The second kappa shape index (κ2) is 8.29. The van der Waals surface area contributed by atoms with Crippen LogP contribution in [-0.4, -0.2) is 48.0 Å². The summed E-state index contributed by atoms with van der Waals surface area (Å²) in [6.07, 6.45) is 5.76. The summed E-state index contributed by atoms with van der Waals surface area (Å²) in [5.41, 5.74) is 9.10. The molecule has 2 saturated carbocycles. The Morgan fingerprint density at radius 2 is 2.00 bits per heavy atom. The Balaban J connectivity index is 1.30. The number of carbonyl (C=O) groups excluding carboxylic acids is 1. The van der Waals surface area contributed by atoms with E-state index >= 15 is 0 Å². The topological polar surface area (TPSA) is 77.7 Å². The van der Waals surface area contributed by atoms with E-state index in [0.29, 0.717) is 18.9 Å². The highest BCUT2D eigenvalue weighted by atomic mass is 19.1. The Morgan fingerprint density at radius 1 is 1.19 bits per heavy atom. The first-order valence-electron chi connectivity index (χ1n) is 10.6. The van der Waals surface area contributed by atoms with Crippen LogP contribution in [-0.2, 0) is 9.53 Å². The number of rotatable bonds is 4. The van der Waals surface area contributed by atoms with E-state index in [2.05, 4.69) is 35.7 Å². The van der Waals surface area contributed by atoms with Gasteiger partial charge in [-0.15, -0.1) is 0 Å². The third-order valence-corrected chi connectivity index (χ3v) is 6.93. The van der Waals surface area contributed by atoms with Crippen LogP contribution in [0.15, 0.2) is 0 Å². The first-order chi connectivity index (χ1) is 13.0. The van der Waals surface area contributed by atoms with Crippen molar-refractivity contribution in [3.05, 3.63) is 0 Å². The molecule has 2 heterocycles.